The molecule has 2 aromatic carbocycles. The zero-order valence-corrected chi connectivity index (χ0v) is 13.8. The molecular formula is C17H14F2N2O3S. The number of carbonyl (C=O) groups excluding carboxylic acids is 1. The quantitative estimate of drug-likeness (QED) is 0.850. The van der Waals surface area contributed by atoms with Gasteiger partial charge >= 0.3 is 0 Å². The lowest BCUT2D eigenvalue weighted by Crippen LogP contribution is -2.30. The van der Waals surface area contributed by atoms with Crippen molar-refractivity contribution in [3.8, 4) is 6.07 Å². The summed E-state index contributed by atoms with van der Waals surface area (Å²) in [6.07, 6.45) is 0. The standard InChI is InChI=1S/C17H14F2N2O3S/c18-15-5-14(6-16(19)7-15)9-21-17(22)11-25(23,24)10-13-3-1-12(8-20)2-4-13/h1-7H,9-11H2,(H,21,22). The van der Waals surface area contributed by atoms with Crippen LogP contribution in [-0.4, -0.2) is 20.1 Å². The molecule has 8 heteroatoms. The van der Waals surface area contributed by atoms with Gasteiger partial charge in [-0.05, 0) is 35.4 Å². The van der Waals surface area contributed by atoms with Crippen LogP contribution in [0, 0.1) is 23.0 Å². The van der Waals surface area contributed by atoms with Gasteiger partial charge in [-0.3, -0.25) is 4.79 Å². The molecule has 0 aliphatic carbocycles. The van der Waals surface area contributed by atoms with E-state index in [9.17, 15) is 22.0 Å². The minimum atomic E-state index is -3.72. The summed E-state index contributed by atoms with van der Waals surface area (Å²) in [5, 5.41) is 11.0. The maximum atomic E-state index is 13.1. The lowest BCUT2D eigenvalue weighted by Gasteiger charge is -2.07. The fourth-order valence-electron chi connectivity index (χ4n) is 2.14. The second-order valence-electron chi connectivity index (χ2n) is 5.40. The number of carbonyl (C=O) groups is 1. The maximum absolute atomic E-state index is 13.1. The molecule has 0 bridgehead atoms. The van der Waals surface area contributed by atoms with E-state index in [0.717, 1.165) is 12.1 Å². The van der Waals surface area contributed by atoms with Gasteiger partial charge in [0, 0.05) is 12.6 Å². The van der Waals surface area contributed by atoms with Crippen molar-refractivity contribution in [3.63, 3.8) is 0 Å². The Morgan fingerprint density at radius 3 is 2.20 bits per heavy atom. The third kappa shape index (κ3) is 5.97. The largest absolute Gasteiger partial charge is 0.351 e. The predicted octanol–water partition coefficient (Wildman–Crippen LogP) is 2.07. The van der Waals surface area contributed by atoms with Gasteiger partial charge in [0.05, 0.1) is 17.4 Å². The summed E-state index contributed by atoms with van der Waals surface area (Å²) >= 11 is 0. The number of nitrogens with one attached hydrogen (secondary N) is 1. The van der Waals surface area contributed by atoms with E-state index in [0.29, 0.717) is 17.2 Å². The number of rotatable bonds is 6. The number of sulfone groups is 1. The van der Waals surface area contributed by atoms with Crippen molar-refractivity contribution in [2.24, 2.45) is 0 Å². The van der Waals surface area contributed by atoms with Gasteiger partial charge in [0.1, 0.15) is 17.4 Å². The maximum Gasteiger partial charge on any atom is 0.235 e. The minimum absolute atomic E-state index is 0.181. The first-order valence-electron chi connectivity index (χ1n) is 7.18. The molecule has 0 spiro atoms. The van der Waals surface area contributed by atoms with Gasteiger partial charge in [-0.15, -0.1) is 0 Å². The highest BCUT2D eigenvalue weighted by molar-refractivity contribution is 7.91. The highest BCUT2D eigenvalue weighted by Gasteiger charge is 2.17. The van der Waals surface area contributed by atoms with Crippen LogP contribution in [0.2, 0.25) is 0 Å². The van der Waals surface area contributed by atoms with E-state index < -0.39 is 33.1 Å². The van der Waals surface area contributed by atoms with Gasteiger partial charge in [-0.1, -0.05) is 12.1 Å². The second kappa shape index (κ2) is 7.85. The molecular weight excluding hydrogens is 350 g/mol. The lowest BCUT2D eigenvalue weighted by molar-refractivity contribution is -0.118. The SMILES string of the molecule is N#Cc1ccc(CS(=O)(=O)CC(=O)NCc2cc(F)cc(F)c2)cc1. The van der Waals surface area contributed by atoms with Gasteiger partial charge in [0.2, 0.25) is 5.91 Å². The van der Waals surface area contributed by atoms with Crippen molar-refractivity contribution in [2.45, 2.75) is 12.3 Å². The van der Waals surface area contributed by atoms with E-state index in [4.69, 9.17) is 5.26 Å². The predicted molar refractivity (Wildman–Crippen MR) is 86.9 cm³/mol. The number of hydrogen-bond donors (Lipinski definition) is 1. The van der Waals surface area contributed by atoms with Crippen molar-refractivity contribution in [1.82, 2.24) is 5.32 Å². The molecule has 0 heterocycles. The third-order valence-corrected chi connectivity index (χ3v) is 4.71. The lowest BCUT2D eigenvalue weighted by atomic mass is 10.2. The van der Waals surface area contributed by atoms with Crippen LogP contribution in [0.4, 0.5) is 8.78 Å². The molecule has 25 heavy (non-hydrogen) atoms. The van der Waals surface area contributed by atoms with E-state index in [1.165, 1.54) is 24.3 Å². The monoisotopic (exact) mass is 364 g/mol. The molecule has 0 unspecified atom stereocenters. The molecule has 0 saturated heterocycles. The van der Waals surface area contributed by atoms with Crippen molar-refractivity contribution in [2.75, 3.05) is 5.75 Å². The van der Waals surface area contributed by atoms with Crippen molar-refractivity contribution >= 4 is 15.7 Å². The molecule has 0 radical (unpaired) electrons. The Kier molecular flexibility index (Phi) is 5.83. The molecule has 130 valence electrons. The summed E-state index contributed by atoms with van der Waals surface area (Å²) in [6, 6.07) is 10.7. The van der Waals surface area contributed by atoms with Crippen molar-refractivity contribution < 1.29 is 22.0 Å². The summed E-state index contributed by atoms with van der Waals surface area (Å²) in [6.45, 7) is -0.181. The van der Waals surface area contributed by atoms with Crippen LogP contribution in [0.5, 0.6) is 0 Å². The van der Waals surface area contributed by atoms with Crippen LogP contribution in [0.1, 0.15) is 16.7 Å². The Balaban J connectivity index is 1.92. The van der Waals surface area contributed by atoms with Crippen molar-refractivity contribution in [1.29, 1.82) is 5.26 Å². The van der Waals surface area contributed by atoms with Crippen LogP contribution >= 0.6 is 0 Å². The molecule has 1 amide bonds. The summed E-state index contributed by atoms with van der Waals surface area (Å²) in [5.74, 6) is -3.42. The Labute approximate surface area is 143 Å². The molecule has 0 saturated carbocycles. The first kappa shape index (κ1) is 18.5. The number of amides is 1. The summed E-state index contributed by atoms with van der Waals surface area (Å²) in [7, 11) is -3.72. The Hall–Kier alpha value is -2.79. The van der Waals surface area contributed by atoms with E-state index >= 15 is 0 Å². The number of hydrogen-bond acceptors (Lipinski definition) is 4. The number of nitrogens with zero attached hydrogens (tertiary/aromatic N) is 1. The van der Waals surface area contributed by atoms with E-state index in [1.807, 2.05) is 6.07 Å². The van der Waals surface area contributed by atoms with Crippen LogP contribution in [0.3, 0.4) is 0 Å². The van der Waals surface area contributed by atoms with Crippen molar-refractivity contribution in [3.05, 3.63) is 70.8 Å². The molecule has 0 fully saturated rings. The van der Waals surface area contributed by atoms with Crippen LogP contribution in [-0.2, 0) is 26.9 Å². The van der Waals surface area contributed by atoms with Crippen LogP contribution < -0.4 is 5.32 Å². The zero-order valence-electron chi connectivity index (χ0n) is 13.0. The van der Waals surface area contributed by atoms with E-state index in [2.05, 4.69) is 5.32 Å². The molecule has 2 rings (SSSR count). The normalized spacial score (nSPS) is 10.9. The fourth-order valence-corrected chi connectivity index (χ4v) is 3.45. The molecule has 2 aromatic rings. The smallest absolute Gasteiger partial charge is 0.235 e. The third-order valence-electron chi connectivity index (χ3n) is 3.23. The Morgan fingerprint density at radius 1 is 1.04 bits per heavy atom. The first-order valence-corrected chi connectivity index (χ1v) is 9.01. The van der Waals surface area contributed by atoms with Gasteiger partial charge in [-0.25, -0.2) is 17.2 Å². The molecule has 0 aliphatic rings. The average Bonchev–Trinajstić information content (AvgIpc) is 2.52. The number of benzene rings is 2. The van der Waals surface area contributed by atoms with Crippen LogP contribution in [0.15, 0.2) is 42.5 Å². The fraction of sp³-hybridized carbons (Fsp3) is 0.176. The topological polar surface area (TPSA) is 87.0 Å². The molecule has 1 N–H and O–H groups in total. The second-order valence-corrected chi connectivity index (χ2v) is 7.46. The van der Waals surface area contributed by atoms with Gasteiger partial charge < -0.3 is 5.32 Å². The first-order chi connectivity index (χ1) is 11.8. The average molecular weight is 364 g/mol. The molecule has 0 atom stereocenters. The Bertz CT molecular complexity index is 900. The Morgan fingerprint density at radius 2 is 1.64 bits per heavy atom. The van der Waals surface area contributed by atoms with Crippen LogP contribution in [0.25, 0.3) is 0 Å². The highest BCUT2D eigenvalue weighted by Crippen LogP contribution is 2.10. The zero-order chi connectivity index (χ0) is 18.4. The van der Waals surface area contributed by atoms with Gasteiger partial charge in [0.25, 0.3) is 0 Å². The van der Waals surface area contributed by atoms with E-state index in [1.54, 1.807) is 0 Å². The minimum Gasteiger partial charge on any atom is -0.351 e. The summed E-state index contributed by atoms with van der Waals surface area (Å²) < 4.78 is 50.2. The molecule has 0 aromatic heterocycles. The van der Waals surface area contributed by atoms with Gasteiger partial charge in [0.15, 0.2) is 9.84 Å². The molecule has 5 nitrogen and oxygen atoms in total. The number of halogens is 2. The summed E-state index contributed by atoms with van der Waals surface area (Å²) in [5.41, 5.74) is 1.05. The molecule has 0 aliphatic heterocycles. The summed E-state index contributed by atoms with van der Waals surface area (Å²) in [4.78, 5) is 11.8. The van der Waals surface area contributed by atoms with E-state index in [-0.39, 0.29) is 17.9 Å². The number of nitriles is 1. The van der Waals surface area contributed by atoms with Gasteiger partial charge in [-0.2, -0.15) is 5.26 Å². The highest BCUT2D eigenvalue weighted by atomic mass is 32.2.